The van der Waals surface area contributed by atoms with E-state index in [0.717, 1.165) is 18.1 Å². The van der Waals surface area contributed by atoms with E-state index in [2.05, 4.69) is 14.9 Å². The molecule has 0 aromatic carbocycles. The lowest BCUT2D eigenvalue weighted by molar-refractivity contribution is 0.137. The fourth-order valence-electron chi connectivity index (χ4n) is 3.01. The fourth-order valence-corrected chi connectivity index (χ4v) is 3.19. The van der Waals surface area contributed by atoms with E-state index in [0.29, 0.717) is 18.2 Å². The number of carboxylic acid groups (broad SMARTS) is 1. The zero-order valence-corrected chi connectivity index (χ0v) is 12.2. The van der Waals surface area contributed by atoms with Crippen molar-refractivity contribution in [1.82, 2.24) is 14.9 Å². The Balaban J connectivity index is 1.84. The molecule has 108 valence electrons. The summed E-state index contributed by atoms with van der Waals surface area (Å²) in [6.07, 6.45) is 0.0334. The van der Waals surface area contributed by atoms with Crippen molar-refractivity contribution in [2.75, 3.05) is 18.0 Å². The van der Waals surface area contributed by atoms with Crippen molar-refractivity contribution in [3.05, 3.63) is 17.0 Å². The Morgan fingerprint density at radius 1 is 1.40 bits per heavy atom. The average molecular weight is 297 g/mol. The molecule has 7 heteroatoms. The Morgan fingerprint density at radius 2 is 2.15 bits per heavy atom. The molecule has 2 bridgehead atoms. The summed E-state index contributed by atoms with van der Waals surface area (Å²) >= 11 is 6.07. The molecule has 1 aromatic heterocycles. The molecule has 2 fully saturated rings. The van der Waals surface area contributed by atoms with Gasteiger partial charge in [-0.15, -0.1) is 0 Å². The molecule has 0 unspecified atom stereocenters. The summed E-state index contributed by atoms with van der Waals surface area (Å²) in [6.45, 7) is 5.27. The topological polar surface area (TPSA) is 69.6 Å². The molecular formula is C13H17ClN4O2. The molecule has 3 rings (SSSR count). The minimum absolute atomic E-state index is 0.0636. The van der Waals surface area contributed by atoms with Crippen molar-refractivity contribution in [3.8, 4) is 0 Å². The van der Waals surface area contributed by atoms with Gasteiger partial charge in [-0.2, -0.15) is 0 Å². The van der Waals surface area contributed by atoms with Gasteiger partial charge < -0.3 is 14.9 Å². The second-order valence-corrected chi connectivity index (χ2v) is 6.08. The van der Waals surface area contributed by atoms with Crippen LogP contribution < -0.4 is 4.90 Å². The molecule has 0 spiro atoms. The van der Waals surface area contributed by atoms with E-state index in [-0.39, 0.29) is 18.0 Å². The number of anilines is 1. The zero-order chi connectivity index (χ0) is 14.4. The predicted octanol–water partition coefficient (Wildman–Crippen LogP) is 2.19. The van der Waals surface area contributed by atoms with Crippen LogP contribution in [0.4, 0.5) is 10.6 Å². The summed E-state index contributed by atoms with van der Waals surface area (Å²) in [5.74, 6) is 1.75. The lowest BCUT2D eigenvalue weighted by atomic mass is 10.2. The summed E-state index contributed by atoms with van der Waals surface area (Å²) in [6, 6.07) is 2.02. The van der Waals surface area contributed by atoms with Gasteiger partial charge in [-0.25, -0.2) is 14.8 Å². The maximum Gasteiger partial charge on any atom is 0.407 e. The van der Waals surface area contributed by atoms with Crippen LogP contribution in [-0.4, -0.2) is 51.2 Å². The van der Waals surface area contributed by atoms with Crippen LogP contribution in [-0.2, 0) is 0 Å². The normalized spacial score (nSPS) is 24.8. The molecule has 1 amide bonds. The van der Waals surface area contributed by atoms with E-state index in [1.54, 1.807) is 6.07 Å². The summed E-state index contributed by atoms with van der Waals surface area (Å²) in [7, 11) is 0. The third-order valence-corrected chi connectivity index (χ3v) is 4.19. The predicted molar refractivity (Wildman–Crippen MR) is 75.4 cm³/mol. The van der Waals surface area contributed by atoms with Gasteiger partial charge in [0, 0.05) is 25.1 Å². The lowest BCUT2D eigenvalue weighted by Crippen LogP contribution is -2.48. The van der Waals surface area contributed by atoms with E-state index in [1.165, 1.54) is 4.90 Å². The summed E-state index contributed by atoms with van der Waals surface area (Å²) in [5.41, 5.74) is 0. The van der Waals surface area contributed by atoms with Gasteiger partial charge in [0.15, 0.2) is 0 Å². The first kappa shape index (κ1) is 13.4. The first-order valence-electron chi connectivity index (χ1n) is 6.76. The highest BCUT2D eigenvalue weighted by molar-refractivity contribution is 6.29. The molecule has 0 radical (unpaired) electrons. The summed E-state index contributed by atoms with van der Waals surface area (Å²) in [5, 5.41) is 9.56. The maximum absolute atomic E-state index is 11.1. The summed E-state index contributed by atoms with van der Waals surface area (Å²) in [4.78, 5) is 23.6. The van der Waals surface area contributed by atoms with Crippen LogP contribution in [0.15, 0.2) is 6.07 Å². The van der Waals surface area contributed by atoms with Gasteiger partial charge in [-0.05, 0) is 6.42 Å². The first-order valence-corrected chi connectivity index (χ1v) is 7.14. The molecule has 1 aromatic rings. The lowest BCUT2D eigenvalue weighted by Gasteiger charge is -2.33. The minimum Gasteiger partial charge on any atom is -0.465 e. The Labute approximate surface area is 122 Å². The number of aromatic nitrogens is 2. The van der Waals surface area contributed by atoms with E-state index in [4.69, 9.17) is 16.7 Å². The van der Waals surface area contributed by atoms with E-state index in [1.807, 2.05) is 13.8 Å². The molecule has 1 N–H and O–H groups in total. The number of nitrogens with zero attached hydrogens (tertiary/aromatic N) is 4. The van der Waals surface area contributed by atoms with Crippen molar-refractivity contribution in [1.29, 1.82) is 0 Å². The van der Waals surface area contributed by atoms with Crippen LogP contribution in [0.1, 0.15) is 32.0 Å². The van der Waals surface area contributed by atoms with Crippen molar-refractivity contribution in [2.24, 2.45) is 0 Å². The molecule has 2 aliphatic rings. The highest BCUT2D eigenvalue weighted by atomic mass is 35.5. The van der Waals surface area contributed by atoms with Crippen LogP contribution in [0, 0.1) is 0 Å². The van der Waals surface area contributed by atoms with Crippen LogP contribution in [0.2, 0.25) is 5.15 Å². The zero-order valence-electron chi connectivity index (χ0n) is 11.5. The molecule has 3 heterocycles. The third-order valence-electron chi connectivity index (χ3n) is 4.00. The van der Waals surface area contributed by atoms with Crippen LogP contribution >= 0.6 is 11.6 Å². The highest BCUT2D eigenvalue weighted by Crippen LogP contribution is 2.34. The SMILES string of the molecule is CC(C)c1nc(Cl)cc(N2C[C@@H]3C[C@H]2CN3C(=O)O)n1. The number of rotatable bonds is 2. The Hall–Kier alpha value is -1.56. The molecule has 0 saturated carbocycles. The van der Waals surface area contributed by atoms with Gasteiger partial charge in [0.2, 0.25) is 0 Å². The van der Waals surface area contributed by atoms with Gasteiger partial charge in [-0.3, -0.25) is 0 Å². The van der Waals surface area contributed by atoms with Crippen molar-refractivity contribution in [3.63, 3.8) is 0 Å². The number of halogens is 1. The number of fused-ring (bicyclic) bond motifs is 2. The molecule has 0 aliphatic carbocycles. The fraction of sp³-hybridized carbons (Fsp3) is 0.615. The minimum atomic E-state index is -0.833. The monoisotopic (exact) mass is 296 g/mol. The second kappa shape index (κ2) is 4.77. The Morgan fingerprint density at radius 3 is 2.70 bits per heavy atom. The van der Waals surface area contributed by atoms with E-state index in [9.17, 15) is 4.79 Å². The van der Waals surface area contributed by atoms with Crippen molar-refractivity contribution in [2.45, 2.75) is 38.3 Å². The van der Waals surface area contributed by atoms with Crippen LogP contribution in [0.3, 0.4) is 0 Å². The number of piperazine rings is 1. The van der Waals surface area contributed by atoms with E-state index >= 15 is 0 Å². The maximum atomic E-state index is 11.1. The first-order chi connectivity index (χ1) is 9.45. The van der Waals surface area contributed by atoms with Crippen molar-refractivity contribution >= 4 is 23.5 Å². The third kappa shape index (κ3) is 2.18. The second-order valence-electron chi connectivity index (χ2n) is 5.69. The van der Waals surface area contributed by atoms with Crippen LogP contribution in [0.5, 0.6) is 0 Å². The van der Waals surface area contributed by atoms with Gasteiger partial charge in [0.05, 0.1) is 12.1 Å². The number of hydrogen-bond acceptors (Lipinski definition) is 4. The van der Waals surface area contributed by atoms with Crippen LogP contribution in [0.25, 0.3) is 0 Å². The van der Waals surface area contributed by atoms with Crippen molar-refractivity contribution < 1.29 is 9.90 Å². The summed E-state index contributed by atoms with van der Waals surface area (Å²) < 4.78 is 0. The molecule has 6 nitrogen and oxygen atoms in total. The number of hydrogen-bond donors (Lipinski definition) is 1. The Kier molecular flexibility index (Phi) is 3.20. The van der Waals surface area contributed by atoms with Gasteiger partial charge in [-0.1, -0.05) is 25.4 Å². The molecule has 20 heavy (non-hydrogen) atoms. The van der Waals surface area contributed by atoms with Gasteiger partial charge in [0.25, 0.3) is 0 Å². The van der Waals surface area contributed by atoms with Gasteiger partial charge in [0.1, 0.15) is 16.8 Å². The largest absolute Gasteiger partial charge is 0.465 e. The Bertz CT molecular complexity index is 551. The highest BCUT2D eigenvalue weighted by Gasteiger charge is 2.46. The molecule has 2 atom stereocenters. The molecular weight excluding hydrogens is 280 g/mol. The number of amides is 1. The number of carbonyl (C=O) groups is 1. The smallest absolute Gasteiger partial charge is 0.407 e. The number of likely N-dealkylation sites (tertiary alicyclic amines) is 1. The molecule has 2 aliphatic heterocycles. The van der Waals surface area contributed by atoms with E-state index < -0.39 is 6.09 Å². The quantitative estimate of drug-likeness (QED) is 0.847. The average Bonchev–Trinajstić information content (AvgIpc) is 2.97. The standard InChI is InChI=1S/C13H17ClN4O2/c1-7(2)12-15-10(14)4-11(16-12)17-5-9-3-8(17)6-18(9)13(19)20/h4,7-9H,3,5-6H2,1-2H3,(H,19,20)/t8-,9-/m0/s1. The molecule has 2 saturated heterocycles. The van der Waals surface area contributed by atoms with Gasteiger partial charge >= 0.3 is 6.09 Å².